The first-order chi connectivity index (χ1) is 13.8. The van der Waals surface area contributed by atoms with Gasteiger partial charge in [-0.25, -0.2) is 4.98 Å². The smallest absolute Gasteiger partial charge is 0.259 e. The molecule has 150 valence electrons. The largest absolute Gasteiger partial charge is 0.365 e. The minimum absolute atomic E-state index is 0.149. The van der Waals surface area contributed by atoms with E-state index in [1.54, 1.807) is 30.7 Å². The fraction of sp³-hybridized carbons (Fsp3) is 0.292. The van der Waals surface area contributed by atoms with Crippen LogP contribution >= 0.6 is 0 Å². The topological polar surface area (TPSA) is 66.9 Å². The lowest BCUT2D eigenvalue weighted by molar-refractivity contribution is 0.102. The molecule has 0 aliphatic heterocycles. The minimum atomic E-state index is -0.184. The number of carbonyl (C=O) groups is 1. The van der Waals surface area contributed by atoms with E-state index in [4.69, 9.17) is 0 Å². The molecule has 3 rings (SSSR count). The number of nitrogens with one attached hydrogen (secondary N) is 2. The Balaban J connectivity index is 1.75. The molecule has 1 aromatic carbocycles. The first-order valence-corrected chi connectivity index (χ1v) is 9.83. The van der Waals surface area contributed by atoms with E-state index < -0.39 is 0 Å². The van der Waals surface area contributed by atoms with Gasteiger partial charge in [0.2, 0.25) is 0 Å². The Morgan fingerprint density at radius 3 is 2.52 bits per heavy atom. The molecule has 2 aromatic heterocycles. The van der Waals surface area contributed by atoms with Crippen molar-refractivity contribution in [1.29, 1.82) is 0 Å². The van der Waals surface area contributed by atoms with Crippen LogP contribution < -0.4 is 10.6 Å². The zero-order valence-corrected chi connectivity index (χ0v) is 17.4. The van der Waals surface area contributed by atoms with Gasteiger partial charge in [0.1, 0.15) is 5.82 Å². The first-order valence-electron chi connectivity index (χ1n) is 9.83. The average Bonchev–Trinajstić information content (AvgIpc) is 2.72. The number of hydrogen-bond donors (Lipinski definition) is 2. The van der Waals surface area contributed by atoms with Gasteiger partial charge in [0.15, 0.2) is 0 Å². The molecule has 29 heavy (non-hydrogen) atoms. The summed E-state index contributed by atoms with van der Waals surface area (Å²) in [7, 11) is 0. The van der Waals surface area contributed by atoms with Crippen molar-refractivity contribution in [1.82, 2.24) is 9.97 Å². The summed E-state index contributed by atoms with van der Waals surface area (Å²) in [5.74, 6) is 0.743. The minimum Gasteiger partial charge on any atom is -0.365 e. The zero-order valence-electron chi connectivity index (χ0n) is 17.4. The second-order valence-corrected chi connectivity index (χ2v) is 8.28. The van der Waals surface area contributed by atoms with Gasteiger partial charge in [0.05, 0.1) is 5.56 Å². The highest BCUT2D eigenvalue weighted by Crippen LogP contribution is 2.35. The van der Waals surface area contributed by atoms with Gasteiger partial charge in [-0.1, -0.05) is 39.8 Å². The van der Waals surface area contributed by atoms with E-state index in [9.17, 15) is 4.79 Å². The van der Waals surface area contributed by atoms with E-state index in [1.165, 1.54) is 5.56 Å². The molecule has 1 atom stereocenters. The normalized spacial score (nSPS) is 12.3. The van der Waals surface area contributed by atoms with E-state index >= 15 is 0 Å². The number of aromatic nitrogens is 2. The van der Waals surface area contributed by atoms with Gasteiger partial charge < -0.3 is 10.6 Å². The fourth-order valence-corrected chi connectivity index (χ4v) is 3.00. The highest BCUT2D eigenvalue weighted by Gasteiger charge is 2.22. The molecule has 2 N–H and O–H groups in total. The van der Waals surface area contributed by atoms with Crippen LogP contribution in [0.2, 0.25) is 0 Å². The molecule has 0 fully saturated rings. The number of pyridine rings is 2. The van der Waals surface area contributed by atoms with Crippen LogP contribution in [0.3, 0.4) is 0 Å². The van der Waals surface area contributed by atoms with E-state index in [2.05, 4.69) is 54.4 Å². The van der Waals surface area contributed by atoms with Crippen LogP contribution in [0.5, 0.6) is 0 Å². The van der Waals surface area contributed by atoms with Crippen LogP contribution in [0, 0.1) is 5.41 Å². The summed E-state index contributed by atoms with van der Waals surface area (Å²) in [6, 6.07) is 15.5. The SMILES string of the molecule is CC(c1cccc(NC(=O)c2cccnc2NCc2ccncc2)c1)C(C)(C)C. The lowest BCUT2D eigenvalue weighted by Gasteiger charge is -2.28. The quantitative estimate of drug-likeness (QED) is 0.586. The van der Waals surface area contributed by atoms with Gasteiger partial charge in [0.25, 0.3) is 5.91 Å². The van der Waals surface area contributed by atoms with Crippen molar-refractivity contribution in [3.8, 4) is 0 Å². The number of nitrogens with zero attached hydrogens (tertiary/aromatic N) is 2. The summed E-state index contributed by atoms with van der Waals surface area (Å²) in [6.07, 6.45) is 5.17. The van der Waals surface area contributed by atoms with Crippen LogP contribution in [0.1, 0.15) is 55.1 Å². The summed E-state index contributed by atoms with van der Waals surface area (Å²) in [6.45, 7) is 9.44. The predicted molar refractivity (Wildman–Crippen MR) is 118 cm³/mol. The molecule has 0 saturated carbocycles. The van der Waals surface area contributed by atoms with Gasteiger partial charge in [-0.2, -0.15) is 0 Å². The summed E-state index contributed by atoms with van der Waals surface area (Å²) >= 11 is 0. The third-order valence-electron chi connectivity index (χ3n) is 5.21. The number of hydrogen-bond acceptors (Lipinski definition) is 4. The van der Waals surface area contributed by atoms with E-state index in [0.717, 1.165) is 11.3 Å². The molecule has 0 radical (unpaired) electrons. The Morgan fingerprint density at radius 2 is 1.79 bits per heavy atom. The van der Waals surface area contributed by atoms with Crippen LogP contribution in [-0.2, 0) is 6.54 Å². The molecule has 5 nitrogen and oxygen atoms in total. The number of anilines is 2. The molecular weight excluding hydrogens is 360 g/mol. The van der Waals surface area contributed by atoms with E-state index in [0.29, 0.717) is 23.8 Å². The van der Waals surface area contributed by atoms with Crippen molar-refractivity contribution in [3.63, 3.8) is 0 Å². The molecule has 0 saturated heterocycles. The monoisotopic (exact) mass is 388 g/mol. The standard InChI is InChI=1S/C24H28N4O/c1-17(24(2,3)4)19-7-5-8-20(15-19)28-23(29)21-9-6-12-26-22(21)27-16-18-10-13-25-14-11-18/h5-15,17H,16H2,1-4H3,(H,26,27)(H,28,29). The zero-order chi connectivity index (χ0) is 20.9. The number of rotatable bonds is 6. The Kier molecular flexibility index (Phi) is 6.27. The van der Waals surface area contributed by atoms with Gasteiger partial charge in [-0.05, 0) is 58.9 Å². The summed E-state index contributed by atoms with van der Waals surface area (Å²) in [5, 5.41) is 6.26. The van der Waals surface area contributed by atoms with Gasteiger partial charge in [0, 0.05) is 30.8 Å². The van der Waals surface area contributed by atoms with E-state index in [-0.39, 0.29) is 11.3 Å². The summed E-state index contributed by atoms with van der Waals surface area (Å²) < 4.78 is 0. The van der Waals surface area contributed by atoms with Crippen LogP contribution in [0.15, 0.2) is 67.1 Å². The van der Waals surface area contributed by atoms with Crippen molar-refractivity contribution in [2.75, 3.05) is 10.6 Å². The van der Waals surface area contributed by atoms with Gasteiger partial charge in [-0.3, -0.25) is 9.78 Å². The second-order valence-electron chi connectivity index (χ2n) is 8.28. The Bertz CT molecular complexity index is 964. The molecule has 3 aromatic rings. The van der Waals surface area contributed by atoms with Crippen molar-refractivity contribution in [3.05, 3.63) is 83.8 Å². The fourth-order valence-electron chi connectivity index (χ4n) is 3.00. The molecule has 1 unspecified atom stereocenters. The molecule has 0 aliphatic carbocycles. The Labute approximate surface area is 172 Å². The third kappa shape index (κ3) is 5.41. The van der Waals surface area contributed by atoms with E-state index in [1.807, 2.05) is 30.3 Å². The molecule has 0 bridgehead atoms. The second kappa shape index (κ2) is 8.86. The van der Waals surface area contributed by atoms with Gasteiger partial charge in [-0.15, -0.1) is 0 Å². The molecule has 2 heterocycles. The average molecular weight is 389 g/mol. The maximum Gasteiger partial charge on any atom is 0.259 e. The third-order valence-corrected chi connectivity index (χ3v) is 5.21. The van der Waals surface area contributed by atoms with Crippen molar-refractivity contribution in [2.45, 2.75) is 40.2 Å². The molecule has 5 heteroatoms. The molecular formula is C24H28N4O. The first kappa shape index (κ1) is 20.5. The van der Waals surface area contributed by atoms with Crippen LogP contribution in [0.4, 0.5) is 11.5 Å². The number of amides is 1. The lowest BCUT2D eigenvalue weighted by Crippen LogP contribution is -2.17. The maximum absolute atomic E-state index is 12.9. The van der Waals surface area contributed by atoms with Crippen LogP contribution in [0.25, 0.3) is 0 Å². The lowest BCUT2D eigenvalue weighted by atomic mass is 9.78. The predicted octanol–water partition coefficient (Wildman–Crippen LogP) is 5.49. The highest BCUT2D eigenvalue weighted by atomic mass is 16.1. The molecule has 0 spiro atoms. The highest BCUT2D eigenvalue weighted by molar-refractivity contribution is 6.07. The number of benzene rings is 1. The maximum atomic E-state index is 12.9. The van der Waals surface area contributed by atoms with Crippen molar-refractivity contribution >= 4 is 17.4 Å². The summed E-state index contributed by atoms with van der Waals surface area (Å²) in [5.41, 5.74) is 3.72. The Morgan fingerprint density at radius 1 is 1.03 bits per heavy atom. The molecule has 0 aliphatic rings. The van der Waals surface area contributed by atoms with Gasteiger partial charge >= 0.3 is 0 Å². The summed E-state index contributed by atoms with van der Waals surface area (Å²) in [4.78, 5) is 21.3. The van der Waals surface area contributed by atoms with Crippen molar-refractivity contribution < 1.29 is 4.79 Å². The number of carbonyl (C=O) groups excluding carboxylic acids is 1. The van der Waals surface area contributed by atoms with Crippen LogP contribution in [-0.4, -0.2) is 15.9 Å². The Hall–Kier alpha value is -3.21. The van der Waals surface area contributed by atoms with Crippen molar-refractivity contribution in [2.24, 2.45) is 5.41 Å². The molecule has 1 amide bonds.